The fraction of sp³-hybridized carbons (Fsp3) is 0.278. The van der Waals surface area contributed by atoms with Crippen molar-refractivity contribution >= 4 is 5.78 Å². The highest BCUT2D eigenvalue weighted by Crippen LogP contribution is 2.16. The van der Waals surface area contributed by atoms with Crippen LogP contribution in [-0.4, -0.2) is 12.4 Å². The van der Waals surface area contributed by atoms with E-state index >= 15 is 0 Å². The van der Waals surface area contributed by atoms with E-state index in [1.165, 1.54) is 5.56 Å². The van der Waals surface area contributed by atoms with Crippen LogP contribution in [0.15, 0.2) is 42.5 Å². The molecule has 0 spiro atoms. The number of hydrogen-bond acceptors (Lipinski definition) is 2. The molecule has 0 aromatic heterocycles. The largest absolute Gasteiger partial charge is 0.369 e. The Balaban J connectivity index is 1.97. The first-order chi connectivity index (χ1) is 9.58. The van der Waals surface area contributed by atoms with Crippen molar-refractivity contribution in [2.75, 3.05) is 6.61 Å². The molecule has 0 aliphatic carbocycles. The molecule has 2 heteroatoms. The molecule has 2 aromatic rings. The van der Waals surface area contributed by atoms with Crippen LogP contribution in [0.3, 0.4) is 0 Å². The topological polar surface area (TPSA) is 26.3 Å². The first kappa shape index (κ1) is 14.5. The third-order valence-electron chi connectivity index (χ3n) is 3.49. The van der Waals surface area contributed by atoms with Crippen molar-refractivity contribution in [1.82, 2.24) is 0 Å². The second-order valence-electron chi connectivity index (χ2n) is 5.15. The number of aryl methyl sites for hydroxylation is 3. The van der Waals surface area contributed by atoms with Crippen molar-refractivity contribution in [2.24, 2.45) is 0 Å². The van der Waals surface area contributed by atoms with Gasteiger partial charge in [-0.05, 0) is 49.1 Å². The zero-order valence-electron chi connectivity index (χ0n) is 12.3. The van der Waals surface area contributed by atoms with Gasteiger partial charge in [0.15, 0.2) is 5.78 Å². The minimum atomic E-state index is 0.0431. The van der Waals surface area contributed by atoms with Crippen LogP contribution in [-0.2, 0) is 11.3 Å². The van der Waals surface area contributed by atoms with E-state index in [0.717, 1.165) is 22.3 Å². The van der Waals surface area contributed by atoms with E-state index in [2.05, 4.69) is 13.0 Å². The predicted molar refractivity (Wildman–Crippen MR) is 81.1 cm³/mol. The minimum absolute atomic E-state index is 0.0431. The summed E-state index contributed by atoms with van der Waals surface area (Å²) < 4.78 is 5.51. The normalized spacial score (nSPS) is 10.6. The summed E-state index contributed by atoms with van der Waals surface area (Å²) >= 11 is 0. The summed E-state index contributed by atoms with van der Waals surface area (Å²) in [6.07, 6.45) is 0. The molecule has 0 amide bonds. The Kier molecular flexibility index (Phi) is 4.70. The lowest BCUT2D eigenvalue weighted by atomic mass is 9.98. The highest BCUT2D eigenvalue weighted by molar-refractivity contribution is 5.98. The number of benzene rings is 2. The molecule has 2 nitrogen and oxygen atoms in total. The molecule has 0 atom stereocenters. The van der Waals surface area contributed by atoms with Crippen LogP contribution in [0, 0.1) is 20.8 Å². The minimum Gasteiger partial charge on any atom is -0.369 e. The van der Waals surface area contributed by atoms with Gasteiger partial charge in [0.2, 0.25) is 0 Å². The fourth-order valence-electron chi connectivity index (χ4n) is 2.17. The van der Waals surface area contributed by atoms with Gasteiger partial charge in [-0.1, -0.05) is 36.4 Å². The SMILES string of the molecule is Cc1cc(C)c(C(=O)COCc2ccccc2)cc1C. The molecule has 2 rings (SSSR count). The zero-order chi connectivity index (χ0) is 14.5. The molecular formula is C18H20O2. The van der Waals surface area contributed by atoms with E-state index in [1.54, 1.807) is 0 Å². The summed E-state index contributed by atoms with van der Waals surface area (Å²) in [6, 6.07) is 13.9. The molecule has 0 heterocycles. The Morgan fingerprint density at radius 2 is 1.60 bits per heavy atom. The molecule has 0 fully saturated rings. The van der Waals surface area contributed by atoms with E-state index in [-0.39, 0.29) is 12.4 Å². The second-order valence-corrected chi connectivity index (χ2v) is 5.15. The van der Waals surface area contributed by atoms with E-state index in [4.69, 9.17) is 4.74 Å². The van der Waals surface area contributed by atoms with Crippen LogP contribution < -0.4 is 0 Å². The molecule has 0 saturated carbocycles. The second kappa shape index (κ2) is 6.49. The third-order valence-corrected chi connectivity index (χ3v) is 3.49. The van der Waals surface area contributed by atoms with E-state index in [1.807, 2.05) is 50.2 Å². The summed E-state index contributed by atoms with van der Waals surface area (Å²) in [7, 11) is 0. The summed E-state index contributed by atoms with van der Waals surface area (Å²) in [5, 5.41) is 0. The van der Waals surface area contributed by atoms with Crippen LogP contribution in [0.2, 0.25) is 0 Å². The van der Waals surface area contributed by atoms with Gasteiger partial charge in [0.05, 0.1) is 6.61 Å². The first-order valence-corrected chi connectivity index (χ1v) is 6.80. The molecule has 104 valence electrons. The monoisotopic (exact) mass is 268 g/mol. The van der Waals surface area contributed by atoms with E-state index < -0.39 is 0 Å². The highest BCUT2D eigenvalue weighted by Gasteiger charge is 2.10. The molecule has 0 aliphatic heterocycles. The van der Waals surface area contributed by atoms with Crippen molar-refractivity contribution in [3.05, 3.63) is 70.3 Å². The summed E-state index contributed by atoms with van der Waals surface area (Å²) in [6.45, 7) is 6.64. The van der Waals surface area contributed by atoms with Crippen LogP contribution >= 0.6 is 0 Å². The van der Waals surface area contributed by atoms with Gasteiger partial charge in [0, 0.05) is 5.56 Å². The highest BCUT2D eigenvalue weighted by atomic mass is 16.5. The Labute approximate surface area is 120 Å². The van der Waals surface area contributed by atoms with Gasteiger partial charge in [0.1, 0.15) is 6.61 Å². The molecule has 0 saturated heterocycles. The summed E-state index contributed by atoms with van der Waals surface area (Å²) in [5.74, 6) is 0.0431. The molecule has 0 aliphatic rings. The van der Waals surface area contributed by atoms with Crippen molar-refractivity contribution in [1.29, 1.82) is 0 Å². The van der Waals surface area contributed by atoms with Crippen LogP contribution in [0.25, 0.3) is 0 Å². The van der Waals surface area contributed by atoms with Crippen LogP contribution in [0.4, 0.5) is 0 Å². The number of rotatable bonds is 5. The molecular weight excluding hydrogens is 248 g/mol. The molecule has 20 heavy (non-hydrogen) atoms. The quantitative estimate of drug-likeness (QED) is 0.766. The summed E-state index contributed by atoms with van der Waals surface area (Å²) in [5.41, 5.74) is 5.21. The number of ketones is 1. The lowest BCUT2D eigenvalue weighted by Gasteiger charge is -2.09. The molecule has 0 N–H and O–H groups in total. The lowest BCUT2D eigenvalue weighted by molar-refractivity contribution is 0.0726. The maximum absolute atomic E-state index is 12.2. The van der Waals surface area contributed by atoms with Crippen LogP contribution in [0.1, 0.15) is 32.6 Å². The summed E-state index contributed by atoms with van der Waals surface area (Å²) in [4.78, 5) is 12.2. The first-order valence-electron chi connectivity index (χ1n) is 6.80. The van der Waals surface area contributed by atoms with Gasteiger partial charge in [-0.25, -0.2) is 0 Å². The van der Waals surface area contributed by atoms with Crippen molar-refractivity contribution in [3.8, 4) is 0 Å². The standard InChI is InChI=1S/C18H20O2/c1-13-9-15(3)17(10-14(13)2)18(19)12-20-11-16-7-5-4-6-8-16/h4-10H,11-12H2,1-3H3. The average Bonchev–Trinajstić information content (AvgIpc) is 2.44. The van der Waals surface area contributed by atoms with Gasteiger partial charge < -0.3 is 4.74 Å². The maximum Gasteiger partial charge on any atom is 0.188 e. The van der Waals surface area contributed by atoms with Crippen molar-refractivity contribution < 1.29 is 9.53 Å². The Morgan fingerprint density at radius 1 is 0.950 bits per heavy atom. The molecule has 0 bridgehead atoms. The molecule has 0 radical (unpaired) electrons. The molecule has 2 aromatic carbocycles. The number of ether oxygens (including phenoxy) is 1. The average molecular weight is 268 g/mol. The van der Waals surface area contributed by atoms with Gasteiger partial charge in [-0.3, -0.25) is 4.79 Å². The smallest absolute Gasteiger partial charge is 0.188 e. The van der Waals surface area contributed by atoms with Crippen molar-refractivity contribution in [3.63, 3.8) is 0 Å². The Hall–Kier alpha value is -1.93. The van der Waals surface area contributed by atoms with E-state index in [9.17, 15) is 4.79 Å². The third kappa shape index (κ3) is 3.55. The molecule has 0 unspecified atom stereocenters. The lowest BCUT2D eigenvalue weighted by Crippen LogP contribution is -2.11. The van der Waals surface area contributed by atoms with Gasteiger partial charge in [-0.15, -0.1) is 0 Å². The zero-order valence-corrected chi connectivity index (χ0v) is 12.3. The predicted octanol–water partition coefficient (Wildman–Crippen LogP) is 4.01. The fourth-order valence-corrected chi connectivity index (χ4v) is 2.17. The van der Waals surface area contributed by atoms with Gasteiger partial charge in [0.25, 0.3) is 0 Å². The van der Waals surface area contributed by atoms with E-state index in [0.29, 0.717) is 6.61 Å². The number of carbonyl (C=O) groups excluding carboxylic acids is 1. The van der Waals surface area contributed by atoms with Crippen molar-refractivity contribution in [2.45, 2.75) is 27.4 Å². The number of hydrogen-bond donors (Lipinski definition) is 0. The number of Topliss-reactive ketones (excluding diaryl/α,β-unsaturated/α-hetero) is 1. The number of carbonyl (C=O) groups is 1. The Bertz CT molecular complexity index is 600. The van der Waals surface area contributed by atoms with Crippen LogP contribution in [0.5, 0.6) is 0 Å². The van der Waals surface area contributed by atoms with Gasteiger partial charge in [-0.2, -0.15) is 0 Å². The van der Waals surface area contributed by atoms with Gasteiger partial charge >= 0.3 is 0 Å². The Morgan fingerprint density at radius 3 is 2.30 bits per heavy atom. The maximum atomic E-state index is 12.2.